The van der Waals surface area contributed by atoms with E-state index < -0.39 is 17.8 Å². The first-order chi connectivity index (χ1) is 23.4. The molecule has 2 unspecified atom stereocenters. The van der Waals surface area contributed by atoms with Crippen LogP contribution in [0.3, 0.4) is 0 Å². The summed E-state index contributed by atoms with van der Waals surface area (Å²) in [5, 5.41) is 17.5. The number of cyclic esters (lactones) is 2. The van der Waals surface area contributed by atoms with E-state index in [2.05, 4.69) is 0 Å². The Hall–Kier alpha value is -3.06. The topological polar surface area (TPSA) is 189 Å². The van der Waals surface area contributed by atoms with Crippen LogP contribution in [0.1, 0.15) is 144 Å². The van der Waals surface area contributed by atoms with E-state index in [0.717, 1.165) is 38.5 Å². The molecule has 0 aliphatic carbocycles. The minimum absolute atomic E-state index is 0.0255. The number of hydrogen-bond donors (Lipinski definition) is 2. The van der Waals surface area contributed by atoms with Gasteiger partial charge in [0.1, 0.15) is 17.8 Å². The molecule has 2 rings (SSSR count). The number of ether oxygens (including phenoxy) is 5. The summed E-state index contributed by atoms with van der Waals surface area (Å²) in [7, 11) is 0. The van der Waals surface area contributed by atoms with Crippen molar-refractivity contribution in [2.24, 2.45) is 11.8 Å². The van der Waals surface area contributed by atoms with E-state index in [4.69, 9.17) is 33.9 Å². The van der Waals surface area contributed by atoms with Crippen LogP contribution in [0, 0.1) is 11.8 Å². The van der Waals surface area contributed by atoms with E-state index in [-0.39, 0.29) is 73.5 Å². The summed E-state index contributed by atoms with van der Waals surface area (Å²) in [5.74, 6) is -1.25. The molecule has 0 bridgehead atoms. The molecular formula is C37H64O13. The number of unbranched alkanes of at least 4 members (excludes halogenated alkanes) is 2. The normalized spacial score (nSPS) is 17.1. The molecule has 290 valence electrons. The third-order valence-electron chi connectivity index (χ3n) is 7.42. The van der Waals surface area contributed by atoms with Crippen molar-refractivity contribution in [1.29, 1.82) is 0 Å². The molecule has 13 heteroatoms. The van der Waals surface area contributed by atoms with Gasteiger partial charge in [0.25, 0.3) is 0 Å². The Balaban J connectivity index is 0.000000834. The van der Waals surface area contributed by atoms with Gasteiger partial charge in [-0.3, -0.25) is 28.8 Å². The minimum Gasteiger partial charge on any atom is -0.466 e. The highest BCUT2D eigenvalue weighted by molar-refractivity contribution is 5.79. The number of carbonyl (C=O) groups excluding carboxylic acids is 6. The molecule has 0 spiro atoms. The van der Waals surface area contributed by atoms with Crippen molar-refractivity contribution in [1.82, 2.24) is 0 Å². The van der Waals surface area contributed by atoms with Crippen LogP contribution in [0.5, 0.6) is 0 Å². The number of aliphatic hydroxyl groups is 2. The molecule has 0 aromatic heterocycles. The van der Waals surface area contributed by atoms with Gasteiger partial charge in [-0.2, -0.15) is 0 Å². The van der Waals surface area contributed by atoms with Gasteiger partial charge < -0.3 is 33.9 Å². The molecule has 50 heavy (non-hydrogen) atoms. The van der Waals surface area contributed by atoms with Gasteiger partial charge >= 0.3 is 29.8 Å². The largest absolute Gasteiger partial charge is 0.466 e. The van der Waals surface area contributed by atoms with Crippen LogP contribution in [0.2, 0.25) is 0 Å². The van der Waals surface area contributed by atoms with Gasteiger partial charge in [0, 0.05) is 45.1 Å². The first kappa shape index (κ1) is 46.9. The lowest BCUT2D eigenvalue weighted by atomic mass is 9.95. The number of Topliss-reactive ketones (excluding diaryl/α,β-unsaturated/α-hetero) is 1. The van der Waals surface area contributed by atoms with E-state index in [1.165, 1.54) is 0 Å². The second-order valence-corrected chi connectivity index (χ2v) is 14.7. The van der Waals surface area contributed by atoms with Gasteiger partial charge in [0.05, 0.1) is 19.8 Å². The molecule has 2 N–H and O–H groups in total. The van der Waals surface area contributed by atoms with Gasteiger partial charge in [0.15, 0.2) is 5.78 Å². The van der Waals surface area contributed by atoms with Crippen molar-refractivity contribution >= 4 is 35.6 Å². The Morgan fingerprint density at radius 2 is 1.38 bits per heavy atom. The van der Waals surface area contributed by atoms with Crippen LogP contribution >= 0.6 is 0 Å². The SMILES string of the molecule is CC(C)(C)OC(=O)CC(CCOC(=O)CCCCCO)CCC(=O)CO.CC(C)(C)OC(=O)CC1CCOC(=O)CC1.O=C1CCCCCO1. The molecule has 0 radical (unpaired) electrons. The Morgan fingerprint density at radius 3 is 2.02 bits per heavy atom. The van der Waals surface area contributed by atoms with E-state index >= 15 is 0 Å². The zero-order chi connectivity index (χ0) is 38.0. The molecule has 2 aliphatic rings. The summed E-state index contributed by atoms with van der Waals surface area (Å²) < 4.78 is 25.4. The van der Waals surface area contributed by atoms with E-state index in [9.17, 15) is 28.8 Å². The summed E-state index contributed by atoms with van der Waals surface area (Å²) in [6.07, 6.45) is 9.74. The average Bonchev–Trinajstić information content (AvgIpc) is 3.37. The van der Waals surface area contributed by atoms with E-state index in [0.29, 0.717) is 64.6 Å². The first-order valence-corrected chi connectivity index (χ1v) is 18.1. The minimum atomic E-state index is -0.580. The Morgan fingerprint density at radius 1 is 0.740 bits per heavy atom. The third kappa shape index (κ3) is 29.8. The Kier molecular flexibility index (Phi) is 25.1. The van der Waals surface area contributed by atoms with Crippen molar-refractivity contribution in [3.8, 4) is 0 Å². The number of carbonyl (C=O) groups is 6. The van der Waals surface area contributed by atoms with Crippen LogP contribution in [-0.4, -0.2) is 90.1 Å². The van der Waals surface area contributed by atoms with Crippen molar-refractivity contribution in [3.05, 3.63) is 0 Å². The smallest absolute Gasteiger partial charge is 0.306 e. The molecule has 0 amide bonds. The summed E-state index contributed by atoms with van der Waals surface area (Å²) in [6.45, 7) is 11.8. The van der Waals surface area contributed by atoms with Crippen LogP contribution in [0.25, 0.3) is 0 Å². The molecule has 0 saturated carbocycles. The van der Waals surface area contributed by atoms with Crippen molar-refractivity contribution < 1.29 is 62.7 Å². The molecule has 2 heterocycles. The zero-order valence-electron chi connectivity index (χ0n) is 31.4. The van der Waals surface area contributed by atoms with Crippen molar-refractivity contribution in [2.45, 2.75) is 155 Å². The molecule has 2 fully saturated rings. The highest BCUT2D eigenvalue weighted by Crippen LogP contribution is 2.22. The zero-order valence-corrected chi connectivity index (χ0v) is 31.4. The molecule has 2 atom stereocenters. The quantitative estimate of drug-likeness (QED) is 0.119. The number of esters is 5. The lowest BCUT2D eigenvalue weighted by Gasteiger charge is -2.22. The lowest BCUT2D eigenvalue weighted by molar-refractivity contribution is -0.157. The van der Waals surface area contributed by atoms with Crippen LogP contribution in [0.15, 0.2) is 0 Å². The maximum Gasteiger partial charge on any atom is 0.306 e. The number of ketones is 1. The monoisotopic (exact) mass is 716 g/mol. The molecule has 0 aromatic rings. The Bertz CT molecular complexity index is 1000. The third-order valence-corrected chi connectivity index (χ3v) is 7.42. The van der Waals surface area contributed by atoms with Crippen LogP contribution in [0.4, 0.5) is 0 Å². The van der Waals surface area contributed by atoms with Crippen LogP contribution < -0.4 is 0 Å². The van der Waals surface area contributed by atoms with Crippen LogP contribution in [-0.2, 0) is 52.5 Å². The lowest BCUT2D eigenvalue weighted by Crippen LogP contribution is -2.26. The van der Waals surface area contributed by atoms with Gasteiger partial charge in [-0.1, -0.05) is 6.42 Å². The highest BCUT2D eigenvalue weighted by Gasteiger charge is 2.24. The number of rotatable bonds is 16. The maximum absolute atomic E-state index is 12.0. The average molecular weight is 717 g/mol. The Labute approximate surface area is 298 Å². The second kappa shape index (κ2) is 26.7. The van der Waals surface area contributed by atoms with Crippen molar-refractivity contribution in [2.75, 3.05) is 33.0 Å². The fourth-order valence-electron chi connectivity index (χ4n) is 4.89. The fourth-order valence-corrected chi connectivity index (χ4v) is 4.89. The van der Waals surface area contributed by atoms with E-state index in [1.807, 2.05) is 20.8 Å². The standard InChI is InChI=1S/C19H34O7.C12H20O4.C6H10O2/c1-19(2,3)26-18(24)13-15(8-9-16(22)14-21)10-12-25-17(23)7-5-4-6-11-20;1-12(2,3)16-11(14)8-9-4-5-10(13)15-7-6-9;7-6-4-2-1-3-5-8-6/h15,20-21H,4-14H2,1-3H3;9H,4-8H2,1-3H3;1-5H2. The predicted octanol–water partition coefficient (Wildman–Crippen LogP) is 5.33. The van der Waals surface area contributed by atoms with Gasteiger partial charge in [-0.15, -0.1) is 0 Å². The summed E-state index contributed by atoms with van der Waals surface area (Å²) in [6, 6.07) is 0. The summed E-state index contributed by atoms with van der Waals surface area (Å²) >= 11 is 0. The number of hydrogen-bond acceptors (Lipinski definition) is 13. The molecule has 2 saturated heterocycles. The highest BCUT2D eigenvalue weighted by atomic mass is 16.6. The summed E-state index contributed by atoms with van der Waals surface area (Å²) in [5.41, 5.74) is -1.02. The molecule has 13 nitrogen and oxygen atoms in total. The predicted molar refractivity (Wildman–Crippen MR) is 185 cm³/mol. The van der Waals surface area contributed by atoms with Crippen molar-refractivity contribution in [3.63, 3.8) is 0 Å². The number of aliphatic hydroxyl groups excluding tert-OH is 2. The van der Waals surface area contributed by atoms with Gasteiger partial charge in [0.2, 0.25) is 0 Å². The molecular weight excluding hydrogens is 652 g/mol. The second-order valence-electron chi connectivity index (χ2n) is 14.7. The first-order valence-electron chi connectivity index (χ1n) is 18.1. The fraction of sp³-hybridized carbons (Fsp3) is 0.838. The maximum atomic E-state index is 12.0. The molecule has 0 aromatic carbocycles. The molecule has 2 aliphatic heterocycles. The van der Waals surface area contributed by atoms with Gasteiger partial charge in [-0.25, -0.2) is 0 Å². The van der Waals surface area contributed by atoms with Gasteiger partial charge in [-0.05, 0) is 111 Å². The summed E-state index contributed by atoms with van der Waals surface area (Å²) in [4.78, 5) is 68.0. The van der Waals surface area contributed by atoms with E-state index in [1.54, 1.807) is 20.8 Å².